The zero-order valence-corrected chi connectivity index (χ0v) is 17.7. The van der Waals surface area contributed by atoms with Crippen molar-refractivity contribution in [1.29, 1.82) is 0 Å². The van der Waals surface area contributed by atoms with Gasteiger partial charge in [0.05, 0.1) is 10.6 Å². The van der Waals surface area contributed by atoms with Gasteiger partial charge in [0.25, 0.3) is 0 Å². The lowest BCUT2D eigenvalue weighted by Gasteiger charge is -2.63. The molecule has 4 aliphatic carbocycles. The maximum Gasteiger partial charge on any atom is 0.158 e. The Kier molecular flexibility index (Phi) is 4.03. The molecule has 0 aliphatic heterocycles. The third-order valence-electron chi connectivity index (χ3n) is 7.26. The van der Waals surface area contributed by atoms with E-state index in [-0.39, 0.29) is 0 Å². The topological polar surface area (TPSA) is 29.8 Å². The molecule has 4 atom stereocenters. The fraction of sp³-hybridized carbons (Fsp3) is 0.565. The van der Waals surface area contributed by atoms with Crippen LogP contribution in [0, 0.1) is 16.7 Å². The molecular formula is C23H28Cl2NO+. The fourth-order valence-electron chi connectivity index (χ4n) is 7.40. The predicted molar refractivity (Wildman–Crippen MR) is 110 cm³/mol. The first-order valence-corrected chi connectivity index (χ1v) is 10.9. The molecule has 0 amide bonds. The van der Waals surface area contributed by atoms with Crippen molar-refractivity contribution in [3.8, 4) is 11.3 Å². The van der Waals surface area contributed by atoms with Crippen molar-refractivity contribution in [2.75, 3.05) is 0 Å². The molecule has 2 nitrogen and oxygen atoms in total. The molecular weight excluding hydrogens is 377 g/mol. The van der Waals surface area contributed by atoms with Crippen molar-refractivity contribution < 1.29 is 9.73 Å². The van der Waals surface area contributed by atoms with Gasteiger partial charge in [0.2, 0.25) is 0 Å². The van der Waals surface area contributed by atoms with E-state index in [2.05, 4.69) is 25.2 Å². The molecule has 6 rings (SSSR count). The van der Waals surface area contributed by atoms with Gasteiger partial charge >= 0.3 is 0 Å². The highest BCUT2D eigenvalue weighted by Crippen LogP contribution is 2.65. The van der Waals surface area contributed by atoms with Crippen molar-refractivity contribution in [1.82, 2.24) is 0 Å². The smallest absolute Gasteiger partial charge is 0.158 e. The van der Waals surface area contributed by atoms with Crippen LogP contribution in [0.4, 0.5) is 0 Å². The minimum absolute atomic E-state index is 0.411. The maximum absolute atomic E-state index is 6.34. The van der Waals surface area contributed by atoms with Crippen molar-refractivity contribution >= 4 is 23.2 Å². The summed E-state index contributed by atoms with van der Waals surface area (Å²) in [6, 6.07) is 9.68. The van der Waals surface area contributed by atoms with Crippen LogP contribution in [-0.2, 0) is 6.54 Å². The molecule has 1 aromatic carbocycles. The lowest BCUT2D eigenvalue weighted by Crippen LogP contribution is -2.98. The Bertz CT molecular complexity index is 870. The van der Waals surface area contributed by atoms with E-state index in [1.807, 2.05) is 18.2 Å². The van der Waals surface area contributed by atoms with Gasteiger partial charge in [-0.15, -0.1) is 0 Å². The second-order valence-corrected chi connectivity index (χ2v) is 11.1. The Hall–Kier alpha value is -0.960. The second kappa shape index (κ2) is 6.02. The zero-order chi connectivity index (χ0) is 18.9. The average molecular weight is 405 g/mol. The van der Waals surface area contributed by atoms with E-state index in [0.29, 0.717) is 26.4 Å². The van der Waals surface area contributed by atoms with E-state index >= 15 is 0 Å². The van der Waals surface area contributed by atoms with E-state index in [1.54, 1.807) is 6.07 Å². The molecule has 4 bridgehead atoms. The molecule has 2 unspecified atom stereocenters. The largest absolute Gasteiger partial charge is 0.455 e. The highest BCUT2D eigenvalue weighted by atomic mass is 35.5. The summed E-state index contributed by atoms with van der Waals surface area (Å²) >= 11 is 12.4. The lowest BCUT2D eigenvalue weighted by atomic mass is 9.43. The van der Waals surface area contributed by atoms with Crippen molar-refractivity contribution in [3.05, 3.63) is 46.1 Å². The average Bonchev–Trinajstić information content (AvgIpc) is 2.98. The SMILES string of the molecule is C[C@]12CC3CC([NH2+]Cc4ccc(-c5ccc(Cl)cc5Cl)o4)(C1)C[C@@](C)(C3)C2. The summed E-state index contributed by atoms with van der Waals surface area (Å²) in [6.07, 6.45) is 8.42. The van der Waals surface area contributed by atoms with E-state index in [1.165, 1.54) is 38.5 Å². The van der Waals surface area contributed by atoms with Gasteiger partial charge in [-0.05, 0) is 66.3 Å². The maximum atomic E-state index is 6.34. The first kappa shape index (κ1) is 18.1. The van der Waals surface area contributed by atoms with E-state index < -0.39 is 0 Å². The highest BCUT2D eigenvalue weighted by molar-refractivity contribution is 6.36. The standard InChI is InChI=1S/C23H27Cl2NO/c1-21-8-15-9-22(2,12-21)14-23(10-15,13-21)26-11-17-4-6-20(27-17)18-5-3-16(24)7-19(18)25/h3-7,15,26H,8-14H2,1-2H3/p+1/t15?,21-,22+,23?. The van der Waals surface area contributed by atoms with Crippen molar-refractivity contribution in [2.24, 2.45) is 16.7 Å². The number of hydrogen-bond donors (Lipinski definition) is 1. The molecule has 4 heteroatoms. The number of halogens is 2. The van der Waals surface area contributed by atoms with Gasteiger partial charge in [-0.25, -0.2) is 0 Å². The van der Waals surface area contributed by atoms with Gasteiger partial charge in [0.1, 0.15) is 12.3 Å². The van der Waals surface area contributed by atoms with Crippen molar-refractivity contribution in [2.45, 2.75) is 64.5 Å². The molecule has 4 saturated carbocycles. The number of furan rings is 1. The quantitative estimate of drug-likeness (QED) is 0.658. The predicted octanol–water partition coefficient (Wildman–Crippen LogP) is 6.07. The molecule has 1 heterocycles. The van der Waals surface area contributed by atoms with Gasteiger partial charge in [-0.2, -0.15) is 0 Å². The van der Waals surface area contributed by atoms with Gasteiger partial charge in [0, 0.05) is 29.8 Å². The first-order valence-electron chi connectivity index (χ1n) is 10.1. The third-order valence-corrected chi connectivity index (χ3v) is 7.81. The molecule has 2 N–H and O–H groups in total. The number of nitrogens with two attached hydrogens (primary N) is 1. The summed E-state index contributed by atoms with van der Waals surface area (Å²) in [6.45, 7) is 5.97. The number of quaternary nitrogens is 1. The van der Waals surface area contributed by atoms with Crippen LogP contribution >= 0.6 is 23.2 Å². The molecule has 0 saturated heterocycles. The Balaban J connectivity index is 1.33. The molecule has 4 aliphatic rings. The van der Waals surface area contributed by atoms with Gasteiger partial charge < -0.3 is 9.73 Å². The molecule has 0 radical (unpaired) electrons. The Morgan fingerprint density at radius 2 is 1.74 bits per heavy atom. The van der Waals surface area contributed by atoms with Gasteiger partial charge in [-0.1, -0.05) is 37.0 Å². The van der Waals surface area contributed by atoms with Gasteiger partial charge in [-0.3, -0.25) is 0 Å². The number of hydrogen-bond acceptors (Lipinski definition) is 1. The van der Waals surface area contributed by atoms with Crippen molar-refractivity contribution in [3.63, 3.8) is 0 Å². The van der Waals surface area contributed by atoms with Crippen LogP contribution in [0.2, 0.25) is 10.0 Å². The molecule has 0 spiro atoms. The second-order valence-electron chi connectivity index (χ2n) is 10.3. The van der Waals surface area contributed by atoms with Crippen LogP contribution in [0.3, 0.4) is 0 Å². The molecule has 4 fully saturated rings. The van der Waals surface area contributed by atoms with Crippen LogP contribution in [-0.4, -0.2) is 5.54 Å². The summed E-state index contributed by atoms with van der Waals surface area (Å²) in [5.74, 6) is 2.78. The zero-order valence-electron chi connectivity index (χ0n) is 16.2. The van der Waals surface area contributed by atoms with Crippen LogP contribution < -0.4 is 5.32 Å². The van der Waals surface area contributed by atoms with Crippen LogP contribution in [0.5, 0.6) is 0 Å². The number of rotatable bonds is 4. The third kappa shape index (κ3) is 3.24. The van der Waals surface area contributed by atoms with E-state index in [4.69, 9.17) is 27.6 Å². The summed E-state index contributed by atoms with van der Waals surface area (Å²) < 4.78 is 6.15. The first-order chi connectivity index (χ1) is 12.8. The molecule has 27 heavy (non-hydrogen) atoms. The molecule has 1 aromatic heterocycles. The monoisotopic (exact) mass is 404 g/mol. The van der Waals surface area contributed by atoms with Crippen LogP contribution in [0.1, 0.15) is 58.1 Å². The van der Waals surface area contributed by atoms with Gasteiger partial charge in [0.15, 0.2) is 5.76 Å². The minimum Gasteiger partial charge on any atom is -0.455 e. The van der Waals surface area contributed by atoms with Crippen LogP contribution in [0.25, 0.3) is 11.3 Å². The Morgan fingerprint density at radius 3 is 2.41 bits per heavy atom. The fourth-order valence-corrected chi connectivity index (χ4v) is 7.90. The number of benzene rings is 1. The molecule has 144 valence electrons. The Morgan fingerprint density at radius 1 is 1.00 bits per heavy atom. The summed E-state index contributed by atoms with van der Waals surface area (Å²) in [5, 5.41) is 3.88. The highest BCUT2D eigenvalue weighted by Gasteiger charge is 2.62. The minimum atomic E-state index is 0.411. The Labute approximate surface area is 171 Å². The van der Waals surface area contributed by atoms with E-state index in [9.17, 15) is 0 Å². The summed E-state index contributed by atoms with van der Waals surface area (Å²) in [5.41, 5.74) is 2.42. The van der Waals surface area contributed by atoms with E-state index in [0.717, 1.165) is 29.5 Å². The lowest BCUT2D eigenvalue weighted by molar-refractivity contribution is -0.757. The normalized spacial score (nSPS) is 37.1. The summed E-state index contributed by atoms with van der Waals surface area (Å²) in [7, 11) is 0. The molecule has 2 aromatic rings. The van der Waals surface area contributed by atoms with Crippen LogP contribution in [0.15, 0.2) is 34.7 Å². The summed E-state index contributed by atoms with van der Waals surface area (Å²) in [4.78, 5) is 0.